The van der Waals surface area contributed by atoms with Crippen LogP contribution in [0.15, 0.2) is 36.0 Å². The smallest absolute Gasteiger partial charge is 0.186 e. The summed E-state index contributed by atoms with van der Waals surface area (Å²) in [6.45, 7) is 7.19. The zero-order valence-electron chi connectivity index (χ0n) is 7.77. The molecule has 0 aromatic rings. The molecule has 0 heterocycles. The lowest BCUT2D eigenvalue weighted by atomic mass is 10.4. The van der Waals surface area contributed by atoms with Crippen LogP contribution in [0.25, 0.3) is 0 Å². The minimum absolute atomic E-state index is 0.108. The lowest BCUT2D eigenvalue weighted by Gasteiger charge is -2.01. The molecule has 0 aromatic heterocycles. The molecule has 0 fully saturated rings. The van der Waals surface area contributed by atoms with E-state index in [4.69, 9.17) is 9.29 Å². The van der Waals surface area contributed by atoms with Crippen LogP contribution in [0.4, 0.5) is 0 Å². The number of hydrogen-bond donors (Lipinski definition) is 1. The van der Waals surface area contributed by atoms with Crippen molar-refractivity contribution in [2.24, 2.45) is 0 Å². The van der Waals surface area contributed by atoms with Crippen LogP contribution in [0.5, 0.6) is 0 Å². The second kappa shape index (κ2) is 6.62. The Morgan fingerprint density at radius 2 is 2.23 bits per heavy atom. The van der Waals surface area contributed by atoms with Crippen LogP contribution in [0, 0.1) is 0 Å². The van der Waals surface area contributed by atoms with Crippen LogP contribution in [-0.4, -0.2) is 14.9 Å². The molecule has 4 heteroatoms. The summed E-state index contributed by atoms with van der Waals surface area (Å²) in [7, 11) is 0. The summed E-state index contributed by atoms with van der Waals surface area (Å²) in [5.41, 5.74) is 0. The molecule has 3 nitrogen and oxygen atoms in total. The molecular weight excluding hydrogens is 188 g/mol. The summed E-state index contributed by atoms with van der Waals surface area (Å²) in [5, 5.41) is 0. The lowest BCUT2D eigenvalue weighted by Crippen LogP contribution is -1.94. The molecule has 0 aliphatic carbocycles. The van der Waals surface area contributed by atoms with Gasteiger partial charge in [0.2, 0.25) is 0 Å². The van der Waals surface area contributed by atoms with Gasteiger partial charge in [0.25, 0.3) is 0 Å². The van der Waals surface area contributed by atoms with Gasteiger partial charge in [-0.25, -0.2) is 4.21 Å². The molecule has 0 saturated carbocycles. The Labute approximate surface area is 81.1 Å². The standard InChI is InChI=1S/C9H14O3S/c1-4-9(13(10)11)6-5-7-12-8(2)3/h4-8H,1H2,2-3H3,(H,10,11)/b7-5+,9-6+. The average molecular weight is 202 g/mol. The molecule has 0 saturated heterocycles. The third-order valence-electron chi connectivity index (χ3n) is 1.09. The third-order valence-corrected chi connectivity index (χ3v) is 1.80. The van der Waals surface area contributed by atoms with Crippen molar-refractivity contribution in [3.8, 4) is 0 Å². The maximum atomic E-state index is 10.6. The van der Waals surface area contributed by atoms with Crippen LogP contribution < -0.4 is 0 Å². The van der Waals surface area contributed by atoms with E-state index in [1.807, 2.05) is 13.8 Å². The van der Waals surface area contributed by atoms with Crippen LogP contribution in [0.2, 0.25) is 0 Å². The molecule has 1 atom stereocenters. The lowest BCUT2D eigenvalue weighted by molar-refractivity contribution is 0.179. The monoisotopic (exact) mass is 202 g/mol. The maximum Gasteiger partial charge on any atom is 0.186 e. The van der Waals surface area contributed by atoms with E-state index < -0.39 is 11.1 Å². The SMILES string of the molecule is C=C/C(=C\C=C\OC(C)C)S(=O)O. The van der Waals surface area contributed by atoms with Gasteiger partial charge in [0.15, 0.2) is 11.1 Å². The first-order chi connectivity index (χ1) is 6.07. The summed E-state index contributed by atoms with van der Waals surface area (Å²) in [4.78, 5) is 0.253. The Morgan fingerprint density at radius 3 is 2.62 bits per heavy atom. The highest BCUT2D eigenvalue weighted by atomic mass is 32.2. The summed E-state index contributed by atoms with van der Waals surface area (Å²) in [6.07, 6.45) is 5.95. The molecule has 0 rings (SSSR count). The summed E-state index contributed by atoms with van der Waals surface area (Å²) in [6, 6.07) is 0. The van der Waals surface area contributed by atoms with Crippen molar-refractivity contribution in [2.75, 3.05) is 0 Å². The fourth-order valence-electron chi connectivity index (χ4n) is 0.534. The minimum atomic E-state index is -1.98. The Balaban J connectivity index is 4.14. The molecule has 13 heavy (non-hydrogen) atoms. The van der Waals surface area contributed by atoms with Crippen molar-refractivity contribution in [3.05, 3.63) is 36.0 Å². The Bertz CT molecular complexity index is 241. The normalized spacial score (nSPS) is 14.9. The first kappa shape index (κ1) is 12.1. The van der Waals surface area contributed by atoms with Crippen molar-refractivity contribution in [1.29, 1.82) is 0 Å². The quantitative estimate of drug-likeness (QED) is 0.422. The topological polar surface area (TPSA) is 46.5 Å². The van der Waals surface area contributed by atoms with Gasteiger partial charge < -0.3 is 9.29 Å². The maximum absolute atomic E-state index is 10.6. The predicted octanol–water partition coefficient (Wildman–Crippen LogP) is 2.22. The third kappa shape index (κ3) is 6.31. The summed E-state index contributed by atoms with van der Waals surface area (Å²) >= 11 is -1.98. The molecule has 0 bridgehead atoms. The molecular formula is C9H14O3S. The number of allylic oxidation sites excluding steroid dienone is 3. The van der Waals surface area contributed by atoms with Gasteiger partial charge in [-0.2, -0.15) is 0 Å². The highest BCUT2D eigenvalue weighted by Crippen LogP contribution is 2.00. The van der Waals surface area contributed by atoms with E-state index in [0.717, 1.165) is 0 Å². The van der Waals surface area contributed by atoms with Crippen molar-refractivity contribution in [1.82, 2.24) is 0 Å². The second-order valence-corrected chi connectivity index (χ2v) is 3.51. The Morgan fingerprint density at radius 1 is 1.62 bits per heavy atom. The van der Waals surface area contributed by atoms with Crippen molar-refractivity contribution in [3.63, 3.8) is 0 Å². The van der Waals surface area contributed by atoms with Gasteiger partial charge in [0.05, 0.1) is 17.3 Å². The second-order valence-electron chi connectivity index (χ2n) is 2.54. The summed E-state index contributed by atoms with van der Waals surface area (Å²) in [5.74, 6) is 0. The number of ether oxygens (including phenoxy) is 1. The van der Waals surface area contributed by atoms with Gasteiger partial charge >= 0.3 is 0 Å². The van der Waals surface area contributed by atoms with E-state index in [1.54, 1.807) is 6.08 Å². The molecule has 0 radical (unpaired) electrons. The molecule has 0 spiro atoms. The fourth-order valence-corrected chi connectivity index (χ4v) is 0.872. The zero-order valence-corrected chi connectivity index (χ0v) is 8.58. The van der Waals surface area contributed by atoms with Crippen LogP contribution in [0.3, 0.4) is 0 Å². The molecule has 1 N–H and O–H groups in total. The highest BCUT2D eigenvalue weighted by molar-refractivity contribution is 7.83. The first-order valence-corrected chi connectivity index (χ1v) is 4.94. The molecule has 0 aromatic carbocycles. The van der Waals surface area contributed by atoms with Gasteiger partial charge in [-0.3, -0.25) is 0 Å². The Kier molecular flexibility index (Phi) is 6.18. The van der Waals surface area contributed by atoms with Gasteiger partial charge in [-0.05, 0) is 26.0 Å². The predicted molar refractivity (Wildman–Crippen MR) is 54.4 cm³/mol. The van der Waals surface area contributed by atoms with Crippen LogP contribution in [-0.2, 0) is 15.8 Å². The van der Waals surface area contributed by atoms with Gasteiger partial charge in [0.1, 0.15) is 0 Å². The van der Waals surface area contributed by atoms with Crippen LogP contribution in [0.1, 0.15) is 13.8 Å². The van der Waals surface area contributed by atoms with E-state index in [-0.39, 0.29) is 11.0 Å². The van der Waals surface area contributed by atoms with Crippen molar-refractivity contribution < 1.29 is 13.5 Å². The van der Waals surface area contributed by atoms with E-state index in [0.29, 0.717) is 0 Å². The van der Waals surface area contributed by atoms with Gasteiger partial charge in [-0.15, -0.1) is 0 Å². The average Bonchev–Trinajstić information content (AvgIpc) is 2.03. The van der Waals surface area contributed by atoms with E-state index in [1.165, 1.54) is 18.4 Å². The van der Waals surface area contributed by atoms with E-state index in [9.17, 15) is 4.21 Å². The molecule has 74 valence electrons. The Hall–Kier alpha value is -0.870. The van der Waals surface area contributed by atoms with E-state index in [2.05, 4.69) is 6.58 Å². The molecule has 0 aliphatic heterocycles. The van der Waals surface area contributed by atoms with Crippen LogP contribution >= 0.6 is 0 Å². The zero-order chi connectivity index (χ0) is 10.3. The molecule has 0 aliphatic rings. The fraction of sp³-hybridized carbons (Fsp3) is 0.333. The highest BCUT2D eigenvalue weighted by Gasteiger charge is 1.95. The number of hydrogen-bond acceptors (Lipinski definition) is 2. The van der Waals surface area contributed by atoms with Gasteiger partial charge in [0, 0.05) is 0 Å². The number of rotatable bonds is 5. The van der Waals surface area contributed by atoms with Crippen molar-refractivity contribution >= 4 is 11.1 Å². The first-order valence-electron chi connectivity index (χ1n) is 3.83. The van der Waals surface area contributed by atoms with Crippen molar-refractivity contribution in [2.45, 2.75) is 20.0 Å². The van der Waals surface area contributed by atoms with E-state index >= 15 is 0 Å². The largest absolute Gasteiger partial charge is 0.499 e. The summed E-state index contributed by atoms with van der Waals surface area (Å²) < 4.78 is 24.3. The van der Waals surface area contributed by atoms with Gasteiger partial charge in [-0.1, -0.05) is 12.7 Å². The minimum Gasteiger partial charge on any atom is -0.499 e. The molecule has 1 unspecified atom stereocenters. The molecule has 0 amide bonds.